The highest BCUT2D eigenvalue weighted by Crippen LogP contribution is 2.48. The molecule has 1 aliphatic heterocycles. The van der Waals surface area contributed by atoms with Crippen LogP contribution in [0, 0.1) is 11.3 Å². The molecule has 0 bridgehead atoms. The number of anilines is 1. The highest BCUT2D eigenvalue weighted by molar-refractivity contribution is 5.81. The number of ether oxygens (including phenoxy) is 1. The molecule has 1 aliphatic carbocycles. The van der Waals surface area contributed by atoms with Crippen LogP contribution in [-0.4, -0.2) is 61.6 Å². The number of carbonyl (C=O) groups excluding carboxylic acids is 2. The SMILES string of the molecule is CC1c2cc(N3CCN(C(=O)C(C)(C)C)CC3)ccc2[C@H](CCN(C)C(=O)OCc2ccccc2)C1C. The van der Waals surface area contributed by atoms with Crippen molar-refractivity contribution in [1.82, 2.24) is 9.80 Å². The minimum absolute atomic E-state index is 0.236. The summed E-state index contributed by atoms with van der Waals surface area (Å²) in [6.45, 7) is 14.9. The Labute approximate surface area is 222 Å². The zero-order chi connectivity index (χ0) is 26.7. The second-order valence-electron chi connectivity index (χ2n) is 11.8. The maximum atomic E-state index is 12.7. The second kappa shape index (κ2) is 11.2. The molecule has 0 N–H and O–H groups in total. The van der Waals surface area contributed by atoms with Crippen LogP contribution in [-0.2, 0) is 16.1 Å². The van der Waals surface area contributed by atoms with Gasteiger partial charge in [0.05, 0.1) is 0 Å². The Bertz CT molecular complexity index is 1090. The average Bonchev–Trinajstić information content (AvgIpc) is 3.14. The van der Waals surface area contributed by atoms with Crippen LogP contribution >= 0.6 is 0 Å². The maximum absolute atomic E-state index is 12.7. The van der Waals surface area contributed by atoms with Crippen molar-refractivity contribution in [3.05, 3.63) is 65.2 Å². The molecule has 0 radical (unpaired) electrons. The lowest BCUT2D eigenvalue weighted by Gasteiger charge is -2.39. The second-order valence-corrected chi connectivity index (χ2v) is 11.8. The van der Waals surface area contributed by atoms with Crippen molar-refractivity contribution in [2.24, 2.45) is 11.3 Å². The molecule has 1 fully saturated rings. The number of nitrogens with zero attached hydrogens (tertiary/aromatic N) is 3. The average molecular weight is 506 g/mol. The van der Waals surface area contributed by atoms with Crippen LogP contribution in [0.5, 0.6) is 0 Å². The molecule has 1 heterocycles. The molecular weight excluding hydrogens is 462 g/mol. The van der Waals surface area contributed by atoms with E-state index in [-0.39, 0.29) is 17.4 Å². The van der Waals surface area contributed by atoms with Crippen LogP contribution in [0.4, 0.5) is 10.5 Å². The lowest BCUT2D eigenvalue weighted by Crippen LogP contribution is -2.51. The van der Waals surface area contributed by atoms with Gasteiger partial charge in [-0.3, -0.25) is 4.79 Å². The zero-order valence-corrected chi connectivity index (χ0v) is 23.4. The first kappa shape index (κ1) is 27.0. The van der Waals surface area contributed by atoms with Gasteiger partial charge in [0.1, 0.15) is 6.61 Å². The number of benzene rings is 2. The smallest absolute Gasteiger partial charge is 0.409 e. The van der Waals surface area contributed by atoms with Gasteiger partial charge in [-0.2, -0.15) is 0 Å². The normalized spacial score (nSPS) is 21.5. The van der Waals surface area contributed by atoms with Crippen molar-refractivity contribution in [2.75, 3.05) is 44.7 Å². The minimum Gasteiger partial charge on any atom is -0.445 e. The summed E-state index contributed by atoms with van der Waals surface area (Å²) >= 11 is 0. The van der Waals surface area contributed by atoms with Gasteiger partial charge in [0.15, 0.2) is 0 Å². The largest absolute Gasteiger partial charge is 0.445 e. The van der Waals surface area contributed by atoms with E-state index >= 15 is 0 Å². The number of rotatable bonds is 6. The van der Waals surface area contributed by atoms with Gasteiger partial charge in [0.2, 0.25) is 5.91 Å². The molecule has 3 atom stereocenters. The summed E-state index contributed by atoms with van der Waals surface area (Å²) in [5.74, 6) is 1.64. The van der Waals surface area contributed by atoms with Crippen LogP contribution in [0.25, 0.3) is 0 Å². The summed E-state index contributed by atoms with van der Waals surface area (Å²) in [5, 5.41) is 0. The number of amides is 2. The van der Waals surface area contributed by atoms with E-state index in [0.29, 0.717) is 30.9 Å². The highest BCUT2D eigenvalue weighted by Gasteiger charge is 2.36. The molecule has 0 spiro atoms. The number of carbonyl (C=O) groups is 2. The lowest BCUT2D eigenvalue weighted by atomic mass is 9.87. The molecule has 2 amide bonds. The molecule has 200 valence electrons. The molecule has 2 aromatic carbocycles. The first-order valence-corrected chi connectivity index (χ1v) is 13.7. The Morgan fingerprint density at radius 2 is 1.65 bits per heavy atom. The quantitative estimate of drug-likeness (QED) is 0.492. The van der Waals surface area contributed by atoms with E-state index in [1.807, 2.05) is 63.1 Å². The zero-order valence-electron chi connectivity index (χ0n) is 23.4. The summed E-state index contributed by atoms with van der Waals surface area (Å²) in [6, 6.07) is 16.7. The van der Waals surface area contributed by atoms with Gasteiger partial charge in [-0.25, -0.2) is 4.79 Å². The van der Waals surface area contributed by atoms with E-state index < -0.39 is 0 Å². The molecular formula is C31H43N3O3. The van der Waals surface area contributed by atoms with E-state index in [2.05, 4.69) is 36.9 Å². The fraction of sp³-hybridized carbons (Fsp3) is 0.548. The van der Waals surface area contributed by atoms with Gasteiger partial charge in [0.25, 0.3) is 0 Å². The van der Waals surface area contributed by atoms with Crippen molar-refractivity contribution >= 4 is 17.7 Å². The number of hydrogen-bond acceptors (Lipinski definition) is 4. The van der Waals surface area contributed by atoms with Crippen molar-refractivity contribution in [2.45, 2.75) is 59.5 Å². The van der Waals surface area contributed by atoms with Crippen molar-refractivity contribution in [3.63, 3.8) is 0 Å². The van der Waals surface area contributed by atoms with Crippen LogP contribution in [0.15, 0.2) is 48.5 Å². The third kappa shape index (κ3) is 6.11. The van der Waals surface area contributed by atoms with Gasteiger partial charge in [0, 0.05) is 50.9 Å². The van der Waals surface area contributed by atoms with Crippen molar-refractivity contribution < 1.29 is 14.3 Å². The summed E-state index contributed by atoms with van der Waals surface area (Å²) in [7, 11) is 1.82. The van der Waals surface area contributed by atoms with Crippen molar-refractivity contribution in [3.8, 4) is 0 Å². The molecule has 0 aromatic heterocycles. The minimum atomic E-state index is -0.330. The standard InChI is InChI=1S/C31H43N3O3/c1-22-23(2)28-20-25(33-16-18-34(19-17-33)29(35)31(3,4)5)12-13-27(28)26(22)14-15-32(6)30(36)37-21-24-10-8-7-9-11-24/h7-13,20,22-23,26H,14-19,21H2,1-6H3/t22?,23?,26-/m1/s1. The molecule has 2 aliphatic rings. The van der Waals surface area contributed by atoms with E-state index in [1.165, 1.54) is 16.8 Å². The molecule has 4 rings (SSSR count). The fourth-order valence-corrected chi connectivity index (χ4v) is 5.72. The monoisotopic (exact) mass is 505 g/mol. The number of piperazine rings is 1. The fourth-order valence-electron chi connectivity index (χ4n) is 5.72. The van der Waals surface area contributed by atoms with Crippen LogP contribution < -0.4 is 4.90 Å². The van der Waals surface area contributed by atoms with Gasteiger partial charge >= 0.3 is 6.09 Å². The molecule has 6 heteroatoms. The molecule has 1 saturated heterocycles. The summed E-state index contributed by atoms with van der Waals surface area (Å²) < 4.78 is 5.50. The molecule has 37 heavy (non-hydrogen) atoms. The predicted octanol–water partition coefficient (Wildman–Crippen LogP) is 5.88. The Kier molecular flexibility index (Phi) is 8.15. The number of hydrogen-bond donors (Lipinski definition) is 0. The van der Waals surface area contributed by atoms with E-state index in [4.69, 9.17) is 4.74 Å². The van der Waals surface area contributed by atoms with Gasteiger partial charge in [-0.15, -0.1) is 0 Å². The van der Waals surface area contributed by atoms with E-state index in [0.717, 1.165) is 38.2 Å². The Hall–Kier alpha value is -3.02. The third-order valence-corrected chi connectivity index (χ3v) is 8.25. The lowest BCUT2D eigenvalue weighted by molar-refractivity contribution is -0.139. The summed E-state index contributed by atoms with van der Waals surface area (Å²) in [5.41, 5.74) is 4.76. The van der Waals surface area contributed by atoms with E-state index in [9.17, 15) is 9.59 Å². The van der Waals surface area contributed by atoms with Crippen LogP contribution in [0.2, 0.25) is 0 Å². The van der Waals surface area contributed by atoms with Crippen LogP contribution in [0.1, 0.15) is 69.6 Å². The maximum Gasteiger partial charge on any atom is 0.409 e. The highest BCUT2D eigenvalue weighted by atomic mass is 16.6. The predicted molar refractivity (Wildman–Crippen MR) is 149 cm³/mol. The van der Waals surface area contributed by atoms with Gasteiger partial charge in [-0.05, 0) is 53.0 Å². The van der Waals surface area contributed by atoms with Crippen LogP contribution in [0.3, 0.4) is 0 Å². The molecule has 6 nitrogen and oxygen atoms in total. The molecule has 2 aromatic rings. The van der Waals surface area contributed by atoms with Gasteiger partial charge in [-0.1, -0.05) is 71.0 Å². The third-order valence-electron chi connectivity index (χ3n) is 8.25. The Morgan fingerprint density at radius 1 is 0.973 bits per heavy atom. The summed E-state index contributed by atoms with van der Waals surface area (Å²) in [6.07, 6.45) is 0.643. The topological polar surface area (TPSA) is 53.1 Å². The number of fused-ring (bicyclic) bond motifs is 1. The molecule has 2 unspecified atom stereocenters. The summed E-state index contributed by atoms with van der Waals surface area (Å²) in [4.78, 5) is 31.3. The van der Waals surface area contributed by atoms with Crippen molar-refractivity contribution in [1.29, 1.82) is 0 Å². The Morgan fingerprint density at radius 3 is 2.30 bits per heavy atom. The first-order valence-electron chi connectivity index (χ1n) is 13.7. The first-order chi connectivity index (χ1) is 17.6. The van der Waals surface area contributed by atoms with E-state index in [1.54, 1.807) is 4.90 Å². The van der Waals surface area contributed by atoms with Gasteiger partial charge < -0.3 is 19.4 Å². The molecule has 0 saturated carbocycles. The Balaban J connectivity index is 1.34.